The van der Waals surface area contributed by atoms with Gasteiger partial charge in [0.2, 0.25) is 0 Å². The molecule has 2 N–H and O–H groups in total. The number of carbonyl (C=O) groups excluding carboxylic acids is 3. The smallest absolute Gasteiger partial charge is 0.408 e. The second-order valence-corrected chi connectivity index (χ2v) is 7.02. The van der Waals surface area contributed by atoms with E-state index in [0.29, 0.717) is 5.56 Å². The lowest BCUT2D eigenvalue weighted by Crippen LogP contribution is -2.44. The first-order valence-corrected chi connectivity index (χ1v) is 10.0. The van der Waals surface area contributed by atoms with E-state index < -0.39 is 42.8 Å². The summed E-state index contributed by atoms with van der Waals surface area (Å²) in [6, 6.07) is 13.8. The Labute approximate surface area is 193 Å². The van der Waals surface area contributed by atoms with Crippen LogP contribution in [-0.4, -0.2) is 62.3 Å². The first kappa shape index (κ1) is 24.0. The number of aliphatic carboxylic acids is 1. The number of carboxylic acid groups (broad SMARTS) is 1. The molecule has 0 aliphatic carbocycles. The Morgan fingerprint density at radius 2 is 1.76 bits per heavy atom. The fraction of sp³-hybridized carbons (Fsp3) is 0.227. The molecule has 12 nitrogen and oxygen atoms in total. The molecule has 0 spiro atoms. The molecule has 3 rings (SSSR count). The lowest BCUT2D eigenvalue weighted by atomic mass is 10.1. The van der Waals surface area contributed by atoms with E-state index in [0.717, 1.165) is 10.2 Å². The van der Waals surface area contributed by atoms with Crippen molar-refractivity contribution in [3.05, 3.63) is 65.7 Å². The summed E-state index contributed by atoms with van der Waals surface area (Å²) in [4.78, 5) is 48.4. The fourth-order valence-electron chi connectivity index (χ4n) is 3.05. The second kappa shape index (κ2) is 11.3. The Balaban J connectivity index is 1.74. The van der Waals surface area contributed by atoms with Crippen molar-refractivity contribution >= 4 is 23.8 Å². The summed E-state index contributed by atoms with van der Waals surface area (Å²) in [5.74, 6) is -2.50. The highest BCUT2D eigenvalue weighted by Crippen LogP contribution is 2.22. The molecule has 0 aliphatic rings. The van der Waals surface area contributed by atoms with Crippen molar-refractivity contribution in [2.45, 2.75) is 25.6 Å². The molecule has 176 valence electrons. The zero-order chi connectivity index (χ0) is 24.5. The van der Waals surface area contributed by atoms with E-state index in [1.165, 1.54) is 13.2 Å². The Bertz CT molecular complexity index is 1180. The van der Waals surface area contributed by atoms with E-state index in [4.69, 9.17) is 9.47 Å². The van der Waals surface area contributed by atoms with E-state index in [2.05, 4.69) is 20.8 Å². The highest BCUT2D eigenvalue weighted by atomic mass is 16.5. The number of esters is 1. The summed E-state index contributed by atoms with van der Waals surface area (Å²) in [6.07, 6.45) is -1.62. The van der Waals surface area contributed by atoms with Crippen LogP contribution in [0.5, 0.6) is 0 Å². The summed E-state index contributed by atoms with van der Waals surface area (Å²) < 4.78 is 11.0. The van der Waals surface area contributed by atoms with Crippen LogP contribution < -0.4 is 5.32 Å². The Hall–Kier alpha value is -4.61. The SMILES string of the molecule is COC(=O)c1ccccc1-c1nnnn1CC(=O)C(CC(=O)O)NC(=O)OCc1ccccc1. The minimum Gasteiger partial charge on any atom is -0.481 e. The van der Waals surface area contributed by atoms with Crippen LogP contribution in [0.4, 0.5) is 4.79 Å². The zero-order valence-corrected chi connectivity index (χ0v) is 18.1. The highest BCUT2D eigenvalue weighted by Gasteiger charge is 2.27. The van der Waals surface area contributed by atoms with Gasteiger partial charge in [0.15, 0.2) is 11.6 Å². The first-order chi connectivity index (χ1) is 16.4. The number of rotatable bonds is 10. The molecule has 1 unspecified atom stereocenters. The Morgan fingerprint density at radius 1 is 1.06 bits per heavy atom. The van der Waals surface area contributed by atoms with Crippen LogP contribution >= 0.6 is 0 Å². The number of alkyl carbamates (subject to hydrolysis) is 1. The molecule has 0 fully saturated rings. The molecule has 1 aromatic heterocycles. The number of carboxylic acids is 1. The molecular weight excluding hydrogens is 446 g/mol. The number of ether oxygens (including phenoxy) is 2. The minimum atomic E-state index is -1.39. The number of methoxy groups -OCH3 is 1. The van der Waals surface area contributed by atoms with Crippen molar-refractivity contribution < 1.29 is 33.8 Å². The molecule has 1 atom stereocenters. The van der Waals surface area contributed by atoms with E-state index in [9.17, 15) is 24.3 Å². The number of benzene rings is 2. The molecule has 2 aromatic carbocycles. The normalized spacial score (nSPS) is 11.3. The van der Waals surface area contributed by atoms with Crippen LogP contribution in [0.3, 0.4) is 0 Å². The average molecular weight is 467 g/mol. The number of nitrogens with one attached hydrogen (secondary N) is 1. The van der Waals surface area contributed by atoms with Gasteiger partial charge in [-0.05, 0) is 22.1 Å². The molecule has 34 heavy (non-hydrogen) atoms. The molecule has 12 heteroatoms. The summed E-state index contributed by atoms with van der Waals surface area (Å²) in [5.41, 5.74) is 1.22. The molecule has 0 aliphatic heterocycles. The highest BCUT2D eigenvalue weighted by molar-refractivity contribution is 5.96. The Morgan fingerprint density at radius 3 is 2.47 bits per heavy atom. The molecule has 1 amide bonds. The molecule has 1 heterocycles. The standard InChI is InChI=1S/C22H21N5O7/c1-33-21(31)16-10-6-5-9-15(16)20-24-25-26-27(20)12-18(28)17(11-19(29)30)23-22(32)34-13-14-7-3-2-4-8-14/h2-10,17H,11-13H2,1H3,(H,23,32)(H,29,30). The minimum absolute atomic E-state index is 0.0535. The summed E-state index contributed by atoms with van der Waals surface area (Å²) in [6.45, 7) is -0.517. The molecule has 0 saturated heterocycles. The molecule has 3 aromatic rings. The van der Waals surface area contributed by atoms with Gasteiger partial charge in [0, 0.05) is 5.56 Å². The van der Waals surface area contributed by atoms with Gasteiger partial charge in [-0.3, -0.25) is 9.59 Å². The third-order valence-electron chi connectivity index (χ3n) is 4.68. The van der Waals surface area contributed by atoms with E-state index >= 15 is 0 Å². The lowest BCUT2D eigenvalue weighted by Gasteiger charge is -2.16. The van der Waals surface area contributed by atoms with Gasteiger partial charge in [0.25, 0.3) is 0 Å². The Kier molecular flexibility index (Phi) is 8.00. The average Bonchev–Trinajstić information content (AvgIpc) is 3.30. The van der Waals surface area contributed by atoms with Crippen LogP contribution in [0.15, 0.2) is 54.6 Å². The number of hydrogen-bond donors (Lipinski definition) is 2. The van der Waals surface area contributed by atoms with Crippen LogP contribution in [0.25, 0.3) is 11.4 Å². The number of amides is 1. The van der Waals surface area contributed by atoms with Crippen LogP contribution in [-0.2, 0) is 32.2 Å². The quantitative estimate of drug-likeness (QED) is 0.417. The summed E-state index contributed by atoms with van der Waals surface area (Å²) in [5, 5.41) is 22.7. The van der Waals surface area contributed by atoms with E-state index in [-0.39, 0.29) is 18.0 Å². The van der Waals surface area contributed by atoms with Crippen molar-refractivity contribution in [3.63, 3.8) is 0 Å². The van der Waals surface area contributed by atoms with Gasteiger partial charge in [0.1, 0.15) is 19.2 Å². The van der Waals surface area contributed by atoms with Crippen LogP contribution in [0.1, 0.15) is 22.3 Å². The van der Waals surface area contributed by atoms with Crippen molar-refractivity contribution in [1.29, 1.82) is 0 Å². The maximum absolute atomic E-state index is 12.9. The van der Waals surface area contributed by atoms with Gasteiger partial charge in [0.05, 0.1) is 19.1 Å². The summed E-state index contributed by atoms with van der Waals surface area (Å²) >= 11 is 0. The third kappa shape index (κ3) is 6.22. The topological polar surface area (TPSA) is 163 Å². The molecule has 0 bridgehead atoms. The number of carbonyl (C=O) groups is 4. The number of hydrogen-bond acceptors (Lipinski definition) is 9. The third-order valence-corrected chi connectivity index (χ3v) is 4.68. The number of ketones is 1. The molecule has 0 saturated carbocycles. The predicted molar refractivity (Wildman–Crippen MR) is 115 cm³/mol. The second-order valence-electron chi connectivity index (χ2n) is 7.02. The van der Waals surface area contributed by atoms with Gasteiger partial charge in [-0.15, -0.1) is 5.10 Å². The number of nitrogens with zero attached hydrogens (tertiary/aromatic N) is 4. The number of Topliss-reactive ketones (excluding diaryl/α,β-unsaturated/α-hetero) is 1. The molecular formula is C22H21N5O7. The lowest BCUT2D eigenvalue weighted by molar-refractivity contribution is -0.139. The van der Waals surface area contributed by atoms with Crippen LogP contribution in [0.2, 0.25) is 0 Å². The van der Waals surface area contributed by atoms with Crippen molar-refractivity contribution in [2.75, 3.05) is 7.11 Å². The fourth-order valence-corrected chi connectivity index (χ4v) is 3.05. The van der Waals surface area contributed by atoms with Gasteiger partial charge in [-0.1, -0.05) is 48.5 Å². The van der Waals surface area contributed by atoms with Crippen molar-refractivity contribution in [2.24, 2.45) is 0 Å². The van der Waals surface area contributed by atoms with Crippen LogP contribution in [0, 0.1) is 0 Å². The van der Waals surface area contributed by atoms with Crippen molar-refractivity contribution in [3.8, 4) is 11.4 Å². The predicted octanol–water partition coefficient (Wildman–Crippen LogP) is 1.47. The summed E-state index contributed by atoms with van der Waals surface area (Å²) in [7, 11) is 1.23. The van der Waals surface area contributed by atoms with Gasteiger partial charge in [-0.25, -0.2) is 14.3 Å². The van der Waals surface area contributed by atoms with Gasteiger partial charge >= 0.3 is 18.0 Å². The van der Waals surface area contributed by atoms with Crippen molar-refractivity contribution in [1.82, 2.24) is 25.5 Å². The monoisotopic (exact) mass is 467 g/mol. The van der Waals surface area contributed by atoms with E-state index in [1.807, 2.05) is 6.07 Å². The van der Waals surface area contributed by atoms with E-state index in [1.54, 1.807) is 42.5 Å². The maximum Gasteiger partial charge on any atom is 0.408 e. The zero-order valence-electron chi connectivity index (χ0n) is 18.1. The molecule has 0 radical (unpaired) electrons. The number of aromatic nitrogens is 4. The maximum atomic E-state index is 12.9. The van der Waals surface area contributed by atoms with Gasteiger partial charge < -0.3 is 19.9 Å². The number of tetrazole rings is 1. The van der Waals surface area contributed by atoms with Gasteiger partial charge in [-0.2, -0.15) is 0 Å². The first-order valence-electron chi connectivity index (χ1n) is 10.0. The largest absolute Gasteiger partial charge is 0.481 e.